The number of benzene rings is 2. The summed E-state index contributed by atoms with van der Waals surface area (Å²) in [7, 11) is 0. The predicted octanol–water partition coefficient (Wildman–Crippen LogP) is 4.58. The second kappa shape index (κ2) is 4.68. The van der Waals surface area contributed by atoms with Gasteiger partial charge in [-0.15, -0.1) is 0 Å². The highest BCUT2D eigenvalue weighted by Crippen LogP contribution is 2.37. The summed E-state index contributed by atoms with van der Waals surface area (Å²) in [5.74, 6) is 0.550. The van der Waals surface area contributed by atoms with Gasteiger partial charge >= 0.3 is 0 Å². The molecule has 1 unspecified atom stereocenters. The van der Waals surface area contributed by atoms with Gasteiger partial charge in [0, 0.05) is 11.6 Å². The van der Waals surface area contributed by atoms with Crippen LogP contribution in [0.5, 0.6) is 5.75 Å². The second-order valence-corrected chi connectivity index (χ2v) is 6.19. The van der Waals surface area contributed by atoms with Gasteiger partial charge in [0.05, 0.1) is 21.5 Å². The van der Waals surface area contributed by atoms with E-state index in [0.717, 1.165) is 22.3 Å². The summed E-state index contributed by atoms with van der Waals surface area (Å²) < 4.78 is 22.5. The molecule has 0 radical (unpaired) electrons. The van der Waals surface area contributed by atoms with Gasteiger partial charge in [-0.05, 0) is 40.3 Å². The van der Waals surface area contributed by atoms with E-state index in [4.69, 9.17) is 17.0 Å². The molecular formula is C15H10BrFN2OS. The van der Waals surface area contributed by atoms with Crippen molar-refractivity contribution in [3.05, 3.63) is 57.0 Å². The van der Waals surface area contributed by atoms with Gasteiger partial charge in [0.1, 0.15) is 18.2 Å². The molecule has 0 saturated heterocycles. The van der Waals surface area contributed by atoms with E-state index in [2.05, 4.69) is 20.9 Å². The van der Waals surface area contributed by atoms with Gasteiger partial charge in [-0.2, -0.15) is 0 Å². The number of nitrogens with zero attached hydrogens (tertiary/aromatic N) is 1. The molecule has 0 amide bonds. The standard InChI is InChI=1S/C15H10BrFN2OS/c16-9-5-11-12(6-10(9)17)19(15(21)18-11)13-7-20-14-4-2-1-3-8(13)14/h1-6,13H,7H2,(H,18,21). The van der Waals surface area contributed by atoms with Crippen LogP contribution in [0.4, 0.5) is 4.39 Å². The van der Waals surface area contributed by atoms with Crippen molar-refractivity contribution < 1.29 is 9.13 Å². The molecule has 0 aliphatic carbocycles. The monoisotopic (exact) mass is 364 g/mol. The van der Waals surface area contributed by atoms with E-state index >= 15 is 0 Å². The van der Waals surface area contributed by atoms with Crippen molar-refractivity contribution in [3.63, 3.8) is 0 Å². The summed E-state index contributed by atoms with van der Waals surface area (Å²) in [6, 6.07) is 11.0. The molecule has 4 rings (SSSR count). The van der Waals surface area contributed by atoms with Crippen molar-refractivity contribution in [3.8, 4) is 5.75 Å². The normalized spacial score (nSPS) is 17.0. The zero-order valence-electron chi connectivity index (χ0n) is 10.8. The third kappa shape index (κ3) is 1.93. The van der Waals surface area contributed by atoms with Gasteiger partial charge in [0.25, 0.3) is 0 Å². The van der Waals surface area contributed by atoms with Crippen molar-refractivity contribution in [1.29, 1.82) is 0 Å². The third-order valence-corrected chi connectivity index (χ3v) is 4.65. The quantitative estimate of drug-likeness (QED) is 0.640. The molecule has 1 aliphatic rings. The van der Waals surface area contributed by atoms with E-state index in [0.29, 0.717) is 15.9 Å². The van der Waals surface area contributed by atoms with Crippen molar-refractivity contribution in [2.24, 2.45) is 0 Å². The second-order valence-electron chi connectivity index (χ2n) is 4.95. The van der Waals surface area contributed by atoms with Crippen LogP contribution in [-0.4, -0.2) is 16.2 Å². The number of nitrogens with one attached hydrogen (secondary N) is 1. The Balaban J connectivity index is 1.98. The zero-order valence-corrected chi connectivity index (χ0v) is 13.2. The first-order valence-electron chi connectivity index (χ1n) is 6.46. The SMILES string of the molecule is Fc1cc2c(cc1Br)[nH]c(=S)n2C1COc2ccccc21. The topological polar surface area (TPSA) is 29.9 Å². The van der Waals surface area contributed by atoms with E-state index < -0.39 is 0 Å². The van der Waals surface area contributed by atoms with Crippen LogP contribution in [0.1, 0.15) is 11.6 Å². The summed E-state index contributed by atoms with van der Waals surface area (Å²) >= 11 is 8.62. The van der Waals surface area contributed by atoms with Crippen LogP contribution < -0.4 is 4.74 Å². The molecule has 0 spiro atoms. The van der Waals surface area contributed by atoms with Crippen molar-refractivity contribution in [2.75, 3.05) is 6.61 Å². The maximum absolute atomic E-state index is 13.9. The Labute approximate surface area is 133 Å². The molecule has 1 aliphatic heterocycles. The summed E-state index contributed by atoms with van der Waals surface area (Å²) in [5.41, 5.74) is 2.61. The summed E-state index contributed by atoms with van der Waals surface area (Å²) in [6.45, 7) is 0.498. The van der Waals surface area contributed by atoms with Crippen molar-refractivity contribution in [2.45, 2.75) is 6.04 Å². The Hall–Kier alpha value is -1.66. The van der Waals surface area contributed by atoms with Crippen molar-refractivity contribution >= 4 is 39.2 Å². The van der Waals surface area contributed by atoms with Gasteiger partial charge in [0.15, 0.2) is 4.77 Å². The zero-order chi connectivity index (χ0) is 14.6. The van der Waals surface area contributed by atoms with Crippen LogP contribution in [0.25, 0.3) is 11.0 Å². The average molecular weight is 365 g/mol. The van der Waals surface area contributed by atoms with Crippen LogP contribution in [-0.2, 0) is 0 Å². The molecule has 0 bridgehead atoms. The maximum Gasteiger partial charge on any atom is 0.178 e. The average Bonchev–Trinajstić information content (AvgIpc) is 3.00. The number of hydrogen-bond acceptors (Lipinski definition) is 2. The Kier molecular flexibility index (Phi) is 2.90. The number of para-hydroxylation sites is 1. The fraction of sp³-hybridized carbons (Fsp3) is 0.133. The number of fused-ring (bicyclic) bond motifs is 2. The molecule has 0 saturated carbocycles. The van der Waals surface area contributed by atoms with E-state index in [-0.39, 0.29) is 11.9 Å². The van der Waals surface area contributed by atoms with Gasteiger partial charge < -0.3 is 14.3 Å². The molecule has 6 heteroatoms. The van der Waals surface area contributed by atoms with Gasteiger partial charge in [-0.1, -0.05) is 18.2 Å². The highest BCUT2D eigenvalue weighted by molar-refractivity contribution is 9.10. The molecule has 1 aromatic heterocycles. The lowest BCUT2D eigenvalue weighted by Crippen LogP contribution is -2.12. The number of halogens is 2. The summed E-state index contributed by atoms with van der Waals surface area (Å²) in [4.78, 5) is 3.13. The molecule has 1 atom stereocenters. The van der Waals surface area contributed by atoms with E-state index in [1.54, 1.807) is 6.07 Å². The van der Waals surface area contributed by atoms with Gasteiger partial charge in [-0.3, -0.25) is 0 Å². The molecule has 0 fully saturated rings. The predicted molar refractivity (Wildman–Crippen MR) is 84.9 cm³/mol. The highest BCUT2D eigenvalue weighted by Gasteiger charge is 2.27. The molecule has 21 heavy (non-hydrogen) atoms. The maximum atomic E-state index is 13.9. The third-order valence-electron chi connectivity index (χ3n) is 3.74. The minimum Gasteiger partial charge on any atom is -0.491 e. The van der Waals surface area contributed by atoms with E-state index in [9.17, 15) is 4.39 Å². The lowest BCUT2D eigenvalue weighted by atomic mass is 10.1. The van der Waals surface area contributed by atoms with Crippen LogP contribution in [0.3, 0.4) is 0 Å². The Morgan fingerprint density at radius 3 is 3.00 bits per heavy atom. The van der Waals surface area contributed by atoms with Crippen LogP contribution in [0.15, 0.2) is 40.9 Å². The highest BCUT2D eigenvalue weighted by atomic mass is 79.9. The number of hydrogen-bond donors (Lipinski definition) is 1. The van der Waals surface area contributed by atoms with E-state index in [1.165, 1.54) is 6.07 Å². The first kappa shape index (κ1) is 13.0. The molecule has 3 aromatic rings. The smallest absolute Gasteiger partial charge is 0.178 e. The first-order chi connectivity index (χ1) is 10.1. The Morgan fingerprint density at radius 2 is 2.14 bits per heavy atom. The van der Waals surface area contributed by atoms with Crippen LogP contribution >= 0.6 is 28.1 Å². The Morgan fingerprint density at radius 1 is 1.33 bits per heavy atom. The lowest BCUT2D eigenvalue weighted by Gasteiger charge is -2.12. The molecule has 1 N–H and O–H groups in total. The lowest BCUT2D eigenvalue weighted by molar-refractivity contribution is 0.318. The molecule has 3 nitrogen and oxygen atoms in total. The summed E-state index contributed by atoms with van der Waals surface area (Å²) in [5, 5.41) is 0. The number of ether oxygens (including phenoxy) is 1. The number of imidazole rings is 1. The fourth-order valence-corrected chi connectivity index (χ4v) is 3.47. The minimum atomic E-state index is -0.308. The van der Waals surface area contributed by atoms with Gasteiger partial charge in [0.2, 0.25) is 0 Å². The van der Waals surface area contributed by atoms with Crippen LogP contribution in [0.2, 0.25) is 0 Å². The minimum absolute atomic E-state index is 0.0389. The van der Waals surface area contributed by atoms with Gasteiger partial charge in [-0.25, -0.2) is 4.39 Å². The fourth-order valence-electron chi connectivity index (χ4n) is 2.79. The van der Waals surface area contributed by atoms with Crippen LogP contribution in [0, 0.1) is 10.6 Å². The largest absolute Gasteiger partial charge is 0.491 e. The molecular weight excluding hydrogens is 355 g/mol. The number of rotatable bonds is 1. The van der Waals surface area contributed by atoms with E-state index in [1.807, 2.05) is 28.8 Å². The Bertz CT molecular complexity index is 918. The van der Waals surface area contributed by atoms with Crippen molar-refractivity contribution in [1.82, 2.24) is 9.55 Å². The number of aromatic amines is 1. The number of H-pyrrole nitrogens is 1. The molecule has 106 valence electrons. The first-order valence-corrected chi connectivity index (χ1v) is 7.66. The molecule has 2 heterocycles. The summed E-state index contributed by atoms with van der Waals surface area (Å²) in [6.07, 6.45) is 0. The molecule has 2 aromatic carbocycles. The number of aromatic nitrogens is 2.